The number of rotatable bonds is 1. The Morgan fingerprint density at radius 3 is 2.63 bits per heavy atom. The van der Waals surface area contributed by atoms with E-state index in [1.807, 2.05) is 19.1 Å². The lowest BCUT2D eigenvalue weighted by atomic mass is 9.73. The van der Waals surface area contributed by atoms with Crippen LogP contribution in [0.1, 0.15) is 12.5 Å². The quantitative estimate of drug-likeness (QED) is 0.711. The third kappa shape index (κ3) is 3.01. The van der Waals surface area contributed by atoms with Crippen LogP contribution in [0.25, 0.3) is 0 Å². The molecule has 1 atom stereocenters. The number of hydrogen-bond donors (Lipinski definition) is 0. The first-order valence-electron chi connectivity index (χ1n) is 9.71. The van der Waals surface area contributed by atoms with Crippen molar-refractivity contribution < 1.29 is 22.7 Å². The maximum absolute atomic E-state index is 13.2. The summed E-state index contributed by atoms with van der Waals surface area (Å²) in [4.78, 5) is 18.6. The molecule has 0 bridgehead atoms. The predicted molar refractivity (Wildman–Crippen MR) is 103 cm³/mol. The van der Waals surface area contributed by atoms with Crippen LogP contribution in [0.3, 0.4) is 0 Å². The summed E-state index contributed by atoms with van der Waals surface area (Å²) in [6.45, 7) is 4.82. The molecule has 0 N–H and O–H groups in total. The van der Waals surface area contributed by atoms with Gasteiger partial charge < -0.3 is 14.5 Å². The van der Waals surface area contributed by atoms with Gasteiger partial charge in [0.1, 0.15) is 12.4 Å². The number of aromatic nitrogens is 2. The average Bonchev–Trinajstić information content (AvgIpc) is 2.65. The zero-order valence-corrected chi connectivity index (χ0v) is 16.3. The summed E-state index contributed by atoms with van der Waals surface area (Å²) in [5.74, 6) is 0.910. The number of carbonyl (C=O) groups excluding carboxylic acids is 1. The molecule has 2 aromatic rings. The van der Waals surface area contributed by atoms with Crippen molar-refractivity contribution in [2.75, 3.05) is 42.6 Å². The number of likely N-dealkylation sites (tertiary alicyclic amines) is 1. The fourth-order valence-electron chi connectivity index (χ4n) is 4.46. The second kappa shape index (κ2) is 6.48. The van der Waals surface area contributed by atoms with Gasteiger partial charge in [-0.3, -0.25) is 4.90 Å². The van der Waals surface area contributed by atoms with Crippen LogP contribution in [0.15, 0.2) is 36.5 Å². The normalized spacial score (nSPS) is 22.1. The van der Waals surface area contributed by atoms with Crippen molar-refractivity contribution in [3.8, 4) is 5.75 Å². The number of nitrogens with zero attached hydrogens (tertiary/aromatic N) is 5. The molecule has 1 aromatic heterocycles. The minimum absolute atomic E-state index is 0.0473. The highest BCUT2D eigenvalue weighted by atomic mass is 19.4. The summed E-state index contributed by atoms with van der Waals surface area (Å²) in [5.41, 5.74) is -0.363. The zero-order valence-electron chi connectivity index (χ0n) is 16.3. The Balaban J connectivity index is 1.28. The lowest BCUT2D eigenvalue weighted by molar-refractivity contribution is -0.137. The number of anilines is 2. The smallest absolute Gasteiger partial charge is 0.416 e. The van der Waals surface area contributed by atoms with Crippen molar-refractivity contribution >= 4 is 17.5 Å². The molecule has 0 aliphatic carbocycles. The highest BCUT2D eigenvalue weighted by Gasteiger charge is 2.54. The average molecular weight is 419 g/mol. The lowest BCUT2D eigenvalue weighted by Gasteiger charge is -2.61. The van der Waals surface area contributed by atoms with Crippen LogP contribution in [0, 0.1) is 5.41 Å². The van der Waals surface area contributed by atoms with Crippen LogP contribution in [-0.2, 0) is 6.18 Å². The van der Waals surface area contributed by atoms with Crippen LogP contribution in [0.5, 0.6) is 5.75 Å². The monoisotopic (exact) mass is 419 g/mol. The van der Waals surface area contributed by atoms with Crippen LogP contribution >= 0.6 is 0 Å². The Bertz CT molecular complexity index is 970. The molecule has 2 saturated heterocycles. The number of halogens is 3. The highest BCUT2D eigenvalue weighted by Crippen LogP contribution is 2.44. The molecule has 1 spiro atoms. The second-order valence-electron chi connectivity index (χ2n) is 8.29. The van der Waals surface area contributed by atoms with Gasteiger partial charge in [0.2, 0.25) is 0 Å². The van der Waals surface area contributed by atoms with E-state index in [1.165, 1.54) is 6.07 Å². The van der Waals surface area contributed by atoms with E-state index in [1.54, 1.807) is 16.0 Å². The minimum atomic E-state index is -4.46. The Kier molecular flexibility index (Phi) is 4.09. The number of fused-ring (bicyclic) bond motifs is 1. The first-order valence-corrected chi connectivity index (χ1v) is 9.71. The van der Waals surface area contributed by atoms with Crippen LogP contribution in [0.4, 0.5) is 29.5 Å². The maximum Gasteiger partial charge on any atom is 0.416 e. The Morgan fingerprint density at radius 1 is 1.20 bits per heavy atom. The minimum Gasteiger partial charge on any atom is -0.489 e. The summed E-state index contributed by atoms with van der Waals surface area (Å²) in [6.07, 6.45) is -2.83. The molecule has 7 nitrogen and oxygen atoms in total. The van der Waals surface area contributed by atoms with E-state index in [0.29, 0.717) is 18.8 Å². The van der Waals surface area contributed by atoms with Crippen LogP contribution < -0.4 is 14.5 Å². The van der Waals surface area contributed by atoms with Crippen molar-refractivity contribution in [3.63, 3.8) is 0 Å². The van der Waals surface area contributed by atoms with E-state index >= 15 is 0 Å². The molecule has 2 amide bonds. The topological polar surface area (TPSA) is 61.8 Å². The molecule has 5 rings (SSSR count). The van der Waals surface area contributed by atoms with Gasteiger partial charge in [-0.15, -0.1) is 5.10 Å². The Morgan fingerprint density at radius 2 is 1.97 bits per heavy atom. The van der Waals surface area contributed by atoms with E-state index in [0.717, 1.165) is 31.0 Å². The molecule has 30 heavy (non-hydrogen) atoms. The third-order valence-corrected chi connectivity index (χ3v) is 5.93. The summed E-state index contributed by atoms with van der Waals surface area (Å²) in [5, 5.41) is 7.99. The van der Waals surface area contributed by atoms with Gasteiger partial charge in [0.25, 0.3) is 0 Å². The van der Waals surface area contributed by atoms with Crippen molar-refractivity contribution in [1.82, 2.24) is 15.1 Å². The van der Waals surface area contributed by atoms with Gasteiger partial charge in [-0.1, -0.05) is 0 Å². The molecular weight excluding hydrogens is 399 g/mol. The summed E-state index contributed by atoms with van der Waals surface area (Å²) >= 11 is 0. The molecule has 1 unspecified atom stereocenters. The van der Waals surface area contributed by atoms with Gasteiger partial charge in [-0.2, -0.15) is 18.3 Å². The third-order valence-electron chi connectivity index (χ3n) is 5.93. The molecule has 3 aliphatic rings. The van der Waals surface area contributed by atoms with Gasteiger partial charge in [0, 0.05) is 37.8 Å². The van der Waals surface area contributed by atoms with Gasteiger partial charge >= 0.3 is 12.2 Å². The van der Waals surface area contributed by atoms with Crippen LogP contribution in [0.2, 0.25) is 0 Å². The summed E-state index contributed by atoms with van der Waals surface area (Å²) < 4.78 is 44.5. The SMILES string of the molecule is CC1COc2cc(C(F)(F)F)ccc2N1C(=O)N1CC2(C1)CN(c1cccnn1)C2. The van der Waals surface area contributed by atoms with Crippen molar-refractivity contribution in [1.29, 1.82) is 0 Å². The number of urea groups is 1. The van der Waals surface area contributed by atoms with E-state index < -0.39 is 11.7 Å². The number of hydrogen-bond acceptors (Lipinski definition) is 5. The van der Waals surface area contributed by atoms with Gasteiger partial charge in [0.15, 0.2) is 5.82 Å². The molecular formula is C20H20F3N5O2. The number of benzene rings is 1. The lowest BCUT2D eigenvalue weighted by Crippen LogP contribution is -2.74. The number of amides is 2. The van der Waals surface area contributed by atoms with Crippen molar-refractivity contribution in [2.24, 2.45) is 5.41 Å². The zero-order chi connectivity index (χ0) is 21.1. The van der Waals surface area contributed by atoms with E-state index in [-0.39, 0.29) is 29.8 Å². The first-order chi connectivity index (χ1) is 14.3. The number of alkyl halides is 3. The van der Waals surface area contributed by atoms with Crippen molar-refractivity contribution in [2.45, 2.75) is 19.1 Å². The van der Waals surface area contributed by atoms with E-state index in [4.69, 9.17) is 4.74 Å². The fraction of sp³-hybridized carbons (Fsp3) is 0.450. The molecule has 2 fully saturated rings. The number of ether oxygens (including phenoxy) is 1. The molecule has 4 heterocycles. The van der Waals surface area contributed by atoms with Gasteiger partial charge in [-0.25, -0.2) is 4.79 Å². The largest absolute Gasteiger partial charge is 0.489 e. The highest BCUT2D eigenvalue weighted by molar-refractivity contribution is 5.95. The molecule has 0 radical (unpaired) electrons. The van der Waals surface area contributed by atoms with E-state index in [2.05, 4.69) is 15.1 Å². The first kappa shape index (κ1) is 19.0. The Hall–Kier alpha value is -3.04. The van der Waals surface area contributed by atoms with Crippen LogP contribution in [-0.4, -0.2) is 60.0 Å². The van der Waals surface area contributed by atoms with E-state index in [9.17, 15) is 18.0 Å². The Labute approximate surface area is 171 Å². The standard InChI is InChI=1S/C20H20F3N5O2/c1-13-8-30-16-7-14(20(21,22)23)4-5-15(16)28(13)18(29)27-11-19(12-27)9-26(10-19)17-3-2-6-24-25-17/h2-7,13H,8-12H2,1H3. The summed E-state index contributed by atoms with van der Waals surface area (Å²) in [6, 6.07) is 6.55. The fourth-order valence-corrected chi connectivity index (χ4v) is 4.46. The molecule has 1 aromatic carbocycles. The number of carbonyl (C=O) groups is 1. The molecule has 10 heteroatoms. The second-order valence-corrected chi connectivity index (χ2v) is 8.29. The summed E-state index contributed by atoms with van der Waals surface area (Å²) in [7, 11) is 0. The van der Waals surface area contributed by atoms with Gasteiger partial charge in [0.05, 0.1) is 17.3 Å². The predicted octanol–water partition coefficient (Wildman–Crippen LogP) is 3.02. The van der Waals surface area contributed by atoms with Gasteiger partial charge in [-0.05, 0) is 37.3 Å². The molecule has 158 valence electrons. The molecule has 0 saturated carbocycles. The maximum atomic E-state index is 13.2. The molecule has 3 aliphatic heterocycles. The van der Waals surface area contributed by atoms with Crippen molar-refractivity contribution in [3.05, 3.63) is 42.1 Å².